The highest BCUT2D eigenvalue weighted by atomic mass is 19.2. The number of hydrogen-bond donors (Lipinski definition) is 1. The van der Waals surface area contributed by atoms with E-state index in [1.165, 1.54) is 10.6 Å². The molecule has 294 valence electrons. The van der Waals surface area contributed by atoms with Gasteiger partial charge in [0, 0.05) is 0 Å². The first-order valence-electron chi connectivity index (χ1n) is 14.2. The molecular weight excluding hydrogens is 805 g/mol. The Balaban J connectivity index is 0.000000654. The van der Waals surface area contributed by atoms with Crippen molar-refractivity contribution in [2.24, 2.45) is 0 Å². The lowest BCUT2D eigenvalue weighted by atomic mass is 9.27. The minimum Gasteiger partial charge on any atom is -0.698 e. The van der Waals surface area contributed by atoms with Crippen LogP contribution in [0, 0.1) is 116 Å². The number of benzene rings is 5. The third-order valence-electron chi connectivity index (χ3n) is 7.77. The van der Waals surface area contributed by atoms with E-state index < -0.39 is 145 Å². The Labute approximate surface area is 292 Å². The van der Waals surface area contributed by atoms with E-state index in [9.17, 15) is 61.5 Å². The normalized spacial score (nSPS) is 11.6. The molecule has 1 N–H and O–H groups in total. The minimum absolute atomic E-state index is 1.33. The zero-order valence-corrected chi connectivity index (χ0v) is 26.4. The third kappa shape index (κ3) is 6.67. The summed E-state index contributed by atoms with van der Waals surface area (Å²) in [4.78, 5) is 1.37. The number of nitrogens with one attached hydrogen (secondary N) is 1. The van der Waals surface area contributed by atoms with Crippen LogP contribution in [0.25, 0.3) is 0 Å². The maximum absolute atomic E-state index is 15.3. The van der Waals surface area contributed by atoms with Gasteiger partial charge in [0.2, 0.25) is 29.1 Å². The molecule has 0 bridgehead atoms. The SMILES string of the molecule is C[NH+](C)c1ccccc1.Fc1c(F)c(F)c(O[B-](c2c(F)c(F)c(F)c(F)c2F)(c2c(F)c(F)c(F)c(F)c2F)c2c(F)c(F)c(F)c(F)c2F)c(F)c1F. The quantitative estimate of drug-likeness (QED) is 0.0847. The Hall–Kier alpha value is -5.48. The van der Waals surface area contributed by atoms with Gasteiger partial charge in [-0.2, -0.15) is 8.78 Å². The van der Waals surface area contributed by atoms with Crippen molar-refractivity contribution in [1.82, 2.24) is 0 Å². The van der Waals surface area contributed by atoms with Crippen molar-refractivity contribution in [1.29, 1.82) is 0 Å². The van der Waals surface area contributed by atoms with Gasteiger partial charge >= 0.3 is 0 Å². The van der Waals surface area contributed by atoms with Gasteiger partial charge < -0.3 is 9.55 Å². The van der Waals surface area contributed by atoms with Crippen LogP contribution in [0.4, 0.5) is 93.5 Å². The van der Waals surface area contributed by atoms with E-state index in [1.807, 2.05) is 6.07 Å². The molecule has 2 nitrogen and oxygen atoms in total. The van der Waals surface area contributed by atoms with Crippen LogP contribution < -0.4 is 25.9 Å². The molecule has 23 heteroatoms. The molecule has 0 unspecified atom stereocenters. The maximum Gasteiger partial charge on any atom is 0.266 e. The monoisotopic (exact) mass is 817 g/mol. The number of rotatable bonds is 6. The summed E-state index contributed by atoms with van der Waals surface area (Å²) in [6, 6.07) is 10.4. The van der Waals surface area contributed by atoms with E-state index >= 15 is 26.3 Å². The number of hydrogen-bond acceptors (Lipinski definition) is 1. The van der Waals surface area contributed by atoms with E-state index in [4.69, 9.17) is 0 Å². The lowest BCUT2D eigenvalue weighted by Gasteiger charge is -2.45. The van der Waals surface area contributed by atoms with Gasteiger partial charge in [0.15, 0.2) is 52.4 Å². The molecule has 5 rings (SSSR count). The molecule has 5 aromatic carbocycles. The summed E-state index contributed by atoms with van der Waals surface area (Å²) in [6.45, 7) is 0. The second kappa shape index (κ2) is 15.3. The number of para-hydroxylation sites is 1. The Morgan fingerprint density at radius 3 is 0.764 bits per heavy atom. The Morgan fingerprint density at radius 2 is 0.545 bits per heavy atom. The molecule has 0 aliphatic heterocycles. The predicted molar refractivity (Wildman–Crippen MR) is 149 cm³/mol. The van der Waals surface area contributed by atoms with E-state index in [1.54, 1.807) is 0 Å². The van der Waals surface area contributed by atoms with E-state index in [0.29, 0.717) is 0 Å². The van der Waals surface area contributed by atoms with Gasteiger partial charge in [-0.05, 0) is 12.1 Å². The zero-order valence-electron chi connectivity index (χ0n) is 26.4. The molecular formula is C32H12BF20NO. The van der Waals surface area contributed by atoms with Crippen LogP contribution in [-0.4, -0.2) is 20.4 Å². The fourth-order valence-corrected chi connectivity index (χ4v) is 5.18. The molecule has 0 atom stereocenters. The van der Waals surface area contributed by atoms with Crippen molar-refractivity contribution in [2.75, 3.05) is 14.1 Å². The van der Waals surface area contributed by atoms with Crippen molar-refractivity contribution >= 4 is 28.4 Å². The lowest BCUT2D eigenvalue weighted by molar-refractivity contribution is -0.786. The van der Waals surface area contributed by atoms with Crippen LogP contribution in [0.3, 0.4) is 0 Å². The second-order valence-electron chi connectivity index (χ2n) is 11.1. The fraction of sp³-hybridized carbons (Fsp3) is 0.0625. The average molecular weight is 817 g/mol. The van der Waals surface area contributed by atoms with Crippen LogP contribution >= 0.6 is 0 Å². The summed E-state index contributed by atoms with van der Waals surface area (Å²) in [6.07, 6.45) is -7.11. The Kier molecular flexibility index (Phi) is 11.8. The van der Waals surface area contributed by atoms with Crippen LogP contribution in [0.5, 0.6) is 5.75 Å². The summed E-state index contributed by atoms with van der Waals surface area (Å²) in [5.74, 6) is -72.8. The first-order valence-corrected chi connectivity index (χ1v) is 14.2. The first-order chi connectivity index (χ1) is 25.5. The molecule has 0 saturated carbocycles. The summed E-state index contributed by atoms with van der Waals surface area (Å²) in [5, 5.41) is 0. The highest BCUT2D eigenvalue weighted by Gasteiger charge is 2.51. The Morgan fingerprint density at radius 1 is 0.327 bits per heavy atom. The zero-order chi connectivity index (χ0) is 41.8. The molecule has 0 aliphatic rings. The van der Waals surface area contributed by atoms with E-state index in [0.717, 1.165) is 0 Å². The molecule has 0 saturated heterocycles. The Bertz CT molecular complexity index is 2070. The summed E-state index contributed by atoms with van der Waals surface area (Å²) in [7, 11) is 4.24. The molecule has 0 amide bonds. The van der Waals surface area contributed by atoms with Crippen LogP contribution in [0.2, 0.25) is 0 Å². The van der Waals surface area contributed by atoms with Gasteiger partial charge in [-0.1, -0.05) is 34.6 Å². The van der Waals surface area contributed by atoms with Gasteiger partial charge in [-0.25, -0.2) is 79.0 Å². The van der Waals surface area contributed by atoms with E-state index in [2.05, 4.69) is 43.0 Å². The topological polar surface area (TPSA) is 13.7 Å². The maximum atomic E-state index is 15.3. The number of halogens is 20. The molecule has 0 spiro atoms. The second-order valence-corrected chi connectivity index (χ2v) is 11.1. The van der Waals surface area contributed by atoms with Crippen LogP contribution in [-0.2, 0) is 0 Å². The van der Waals surface area contributed by atoms with Gasteiger partial charge in [-0.15, -0.1) is 0 Å². The standard InChI is InChI=1S/C24BF20O.C8H11N/c26-4-1(5(27)11(33)16(38)10(4)32)25(2-6(28)12(34)17(39)13(35)7(2)29,3-8(30)14(36)18(40)15(37)9(3)31)46-24-22(44)20(42)19(41)21(43)23(24)45;1-9(2)8-6-4-3-5-7-8/h;3-7H,1-2H3/q-1;/p+1. The summed E-state index contributed by atoms with van der Waals surface area (Å²) >= 11 is 0. The predicted octanol–water partition coefficient (Wildman–Crippen LogP) is 6.98. The average Bonchev–Trinajstić information content (AvgIpc) is 3.16. The van der Waals surface area contributed by atoms with Crippen molar-refractivity contribution in [3.63, 3.8) is 0 Å². The molecule has 5 aromatic rings. The minimum atomic E-state index is -7.11. The lowest BCUT2D eigenvalue weighted by Crippen LogP contribution is -3.00. The molecule has 0 aromatic heterocycles. The largest absolute Gasteiger partial charge is 0.698 e. The summed E-state index contributed by atoms with van der Waals surface area (Å²) in [5.41, 5.74) is -9.19. The first kappa shape index (κ1) is 42.3. The van der Waals surface area contributed by atoms with Crippen molar-refractivity contribution < 1.29 is 97.4 Å². The van der Waals surface area contributed by atoms with Crippen molar-refractivity contribution in [2.45, 2.75) is 0 Å². The molecule has 0 radical (unpaired) electrons. The fourth-order valence-electron chi connectivity index (χ4n) is 5.18. The molecule has 0 aliphatic carbocycles. The number of quaternary nitrogens is 1. The summed E-state index contributed by atoms with van der Waals surface area (Å²) < 4.78 is 295. The van der Waals surface area contributed by atoms with Gasteiger partial charge in [-0.3, -0.25) is 0 Å². The highest BCUT2D eigenvalue weighted by Crippen LogP contribution is 2.34. The third-order valence-corrected chi connectivity index (χ3v) is 7.77. The van der Waals surface area contributed by atoms with Crippen LogP contribution in [0.15, 0.2) is 30.3 Å². The van der Waals surface area contributed by atoms with Gasteiger partial charge in [0.05, 0.1) is 14.1 Å². The van der Waals surface area contributed by atoms with Crippen molar-refractivity contribution in [3.8, 4) is 5.75 Å². The van der Waals surface area contributed by atoms with Gasteiger partial charge in [0.25, 0.3) is 6.35 Å². The van der Waals surface area contributed by atoms with Gasteiger partial charge in [0.1, 0.15) is 46.3 Å². The molecule has 55 heavy (non-hydrogen) atoms. The molecule has 0 heterocycles. The van der Waals surface area contributed by atoms with Crippen LogP contribution in [0.1, 0.15) is 0 Å². The van der Waals surface area contributed by atoms with Crippen molar-refractivity contribution in [3.05, 3.63) is 147 Å². The van der Waals surface area contributed by atoms with E-state index in [-0.39, 0.29) is 0 Å². The molecule has 0 fully saturated rings. The smallest absolute Gasteiger partial charge is 0.266 e. The highest BCUT2D eigenvalue weighted by molar-refractivity contribution is 7.07.